The molecule has 1 unspecified atom stereocenters. The van der Waals surface area contributed by atoms with E-state index in [0.29, 0.717) is 22.8 Å². The fourth-order valence-corrected chi connectivity index (χ4v) is 3.94. The van der Waals surface area contributed by atoms with Crippen LogP contribution in [-0.4, -0.2) is 23.0 Å². The molecule has 0 saturated carbocycles. The second-order valence-corrected chi connectivity index (χ2v) is 7.20. The average molecular weight is 382 g/mol. The molecule has 0 radical (unpaired) electrons. The maximum Gasteiger partial charge on any atom is 0.128 e. The fraction of sp³-hybridized carbons (Fsp3) is 0.263. The van der Waals surface area contributed by atoms with Gasteiger partial charge in [-0.3, -0.25) is 0 Å². The van der Waals surface area contributed by atoms with Gasteiger partial charge in [-0.2, -0.15) is 11.8 Å². The van der Waals surface area contributed by atoms with E-state index in [1.54, 1.807) is 30.1 Å². The number of aliphatic hydroxyl groups excluding tert-OH is 1. The third-order valence-electron chi connectivity index (χ3n) is 4.30. The van der Waals surface area contributed by atoms with Crippen LogP contribution in [-0.2, 0) is 5.75 Å². The van der Waals surface area contributed by atoms with Crippen LogP contribution in [0.1, 0.15) is 29.0 Å². The second kappa shape index (κ2) is 7.77. The third kappa shape index (κ3) is 3.68. The van der Waals surface area contributed by atoms with E-state index in [-0.39, 0.29) is 18.3 Å². The number of benzene rings is 2. The molecule has 2 N–H and O–H groups in total. The lowest BCUT2D eigenvalue weighted by atomic mass is 9.88. The van der Waals surface area contributed by atoms with Gasteiger partial charge < -0.3 is 10.1 Å². The van der Waals surface area contributed by atoms with Gasteiger partial charge in [0, 0.05) is 40.4 Å². The van der Waals surface area contributed by atoms with Crippen molar-refractivity contribution in [1.82, 2.24) is 4.98 Å². The molecule has 2 nitrogen and oxygen atoms in total. The molecule has 0 spiro atoms. The zero-order valence-corrected chi connectivity index (χ0v) is 15.2. The summed E-state index contributed by atoms with van der Waals surface area (Å²) in [5.74, 6) is -0.466. The number of hydrogen-bond donors (Lipinski definition) is 2. The molecule has 0 aliphatic heterocycles. The van der Waals surface area contributed by atoms with Gasteiger partial charge in [0.2, 0.25) is 0 Å². The molecule has 1 atom stereocenters. The van der Waals surface area contributed by atoms with Crippen molar-refractivity contribution in [3.63, 3.8) is 0 Å². The highest BCUT2D eigenvalue weighted by Gasteiger charge is 2.22. The molecule has 1 aromatic heterocycles. The molecule has 132 valence electrons. The predicted molar refractivity (Wildman–Crippen MR) is 100 cm³/mol. The lowest BCUT2D eigenvalue weighted by Crippen LogP contribution is -2.06. The first-order valence-corrected chi connectivity index (χ1v) is 9.66. The molecule has 25 heavy (non-hydrogen) atoms. The number of halogens is 3. The molecule has 0 aliphatic carbocycles. The van der Waals surface area contributed by atoms with Crippen molar-refractivity contribution < 1.29 is 13.9 Å². The lowest BCUT2D eigenvalue weighted by molar-refractivity contribution is 0.281. The van der Waals surface area contributed by atoms with E-state index in [9.17, 15) is 13.9 Å². The molecule has 0 fully saturated rings. The van der Waals surface area contributed by atoms with Gasteiger partial charge in [-0.15, -0.1) is 0 Å². The van der Waals surface area contributed by atoms with Crippen molar-refractivity contribution in [2.75, 3.05) is 12.9 Å². The Balaban J connectivity index is 2.17. The Kier molecular flexibility index (Phi) is 5.67. The number of nitrogens with one attached hydrogen (secondary N) is 1. The highest BCUT2D eigenvalue weighted by molar-refractivity contribution is 7.97. The highest BCUT2D eigenvalue weighted by atomic mass is 35.5. The Hall–Kier alpha value is -1.56. The first-order chi connectivity index (χ1) is 12.0. The number of hydrogen-bond acceptors (Lipinski definition) is 2. The van der Waals surface area contributed by atoms with Crippen LogP contribution < -0.4 is 0 Å². The minimum absolute atomic E-state index is 0.105. The second-order valence-electron chi connectivity index (χ2n) is 5.90. The number of thioether (sulfide) groups is 1. The first kappa shape index (κ1) is 18.2. The summed E-state index contributed by atoms with van der Waals surface area (Å²) in [6, 6.07) is 7.49. The molecule has 0 aliphatic rings. The van der Waals surface area contributed by atoms with Crippen molar-refractivity contribution in [2.45, 2.75) is 18.1 Å². The van der Waals surface area contributed by atoms with Crippen molar-refractivity contribution >= 4 is 34.3 Å². The monoisotopic (exact) mass is 381 g/mol. The molecule has 3 rings (SSSR count). The van der Waals surface area contributed by atoms with E-state index >= 15 is 0 Å². The van der Waals surface area contributed by atoms with Crippen LogP contribution in [0, 0.1) is 11.6 Å². The van der Waals surface area contributed by atoms with Gasteiger partial charge in [-0.1, -0.05) is 17.7 Å². The summed E-state index contributed by atoms with van der Waals surface area (Å²) in [6.07, 6.45) is 4.07. The van der Waals surface area contributed by atoms with E-state index in [4.69, 9.17) is 11.6 Å². The van der Waals surface area contributed by atoms with Gasteiger partial charge in [-0.05, 0) is 53.6 Å². The van der Waals surface area contributed by atoms with Gasteiger partial charge >= 0.3 is 0 Å². The Morgan fingerprint density at radius 1 is 1.20 bits per heavy atom. The zero-order valence-electron chi connectivity index (χ0n) is 13.7. The molecule has 1 heterocycles. The van der Waals surface area contributed by atoms with Crippen molar-refractivity contribution in [2.24, 2.45) is 0 Å². The number of H-pyrrole nitrogens is 1. The van der Waals surface area contributed by atoms with E-state index in [0.717, 1.165) is 22.0 Å². The summed E-state index contributed by atoms with van der Waals surface area (Å²) >= 11 is 7.45. The van der Waals surface area contributed by atoms with Crippen LogP contribution in [0.3, 0.4) is 0 Å². The van der Waals surface area contributed by atoms with E-state index < -0.39 is 5.82 Å². The van der Waals surface area contributed by atoms with E-state index in [1.807, 2.05) is 6.26 Å². The first-order valence-electron chi connectivity index (χ1n) is 7.89. The van der Waals surface area contributed by atoms with Gasteiger partial charge in [0.25, 0.3) is 0 Å². The molecular formula is C19H18ClF2NOS. The Labute approximate surface area is 154 Å². The number of aromatic amines is 1. The standard InChI is InChI=1S/C19H18ClF2NOS/c1-25-10-11-6-13(21)8-16-17(9-23-19(11)16)14(4-5-24)15-3-2-12(20)7-18(15)22/h2-3,6-9,14,23-24H,4-5,10H2,1H3. The molecule has 0 bridgehead atoms. The van der Waals surface area contributed by atoms with Crippen LogP contribution >= 0.6 is 23.4 Å². The van der Waals surface area contributed by atoms with Crippen LogP contribution in [0.2, 0.25) is 5.02 Å². The van der Waals surface area contributed by atoms with Gasteiger partial charge in [0.1, 0.15) is 11.6 Å². The Morgan fingerprint density at radius 2 is 2.00 bits per heavy atom. The maximum atomic E-state index is 14.4. The molecule has 0 amide bonds. The summed E-state index contributed by atoms with van der Waals surface area (Å²) in [6.45, 7) is -0.105. The van der Waals surface area contributed by atoms with Gasteiger partial charge in [0.15, 0.2) is 0 Å². The SMILES string of the molecule is CSCc1cc(F)cc2c(C(CCO)c3ccc(Cl)cc3F)c[nH]c12. The van der Waals surface area contributed by atoms with Crippen LogP contribution in [0.4, 0.5) is 8.78 Å². The minimum Gasteiger partial charge on any atom is -0.396 e. The smallest absolute Gasteiger partial charge is 0.128 e. The van der Waals surface area contributed by atoms with Crippen molar-refractivity contribution in [3.05, 3.63) is 69.9 Å². The minimum atomic E-state index is -0.430. The van der Waals surface area contributed by atoms with Crippen molar-refractivity contribution in [1.29, 1.82) is 0 Å². The van der Waals surface area contributed by atoms with Gasteiger partial charge in [-0.25, -0.2) is 8.78 Å². The molecule has 3 aromatic rings. The zero-order chi connectivity index (χ0) is 18.0. The Bertz CT molecular complexity index is 897. The average Bonchev–Trinajstić information content (AvgIpc) is 2.97. The largest absolute Gasteiger partial charge is 0.396 e. The highest BCUT2D eigenvalue weighted by Crippen LogP contribution is 2.37. The topological polar surface area (TPSA) is 36.0 Å². The predicted octanol–water partition coefficient (Wildman–Crippen LogP) is 5.48. The fourth-order valence-electron chi connectivity index (χ4n) is 3.24. The maximum absolute atomic E-state index is 14.4. The van der Waals surface area contributed by atoms with Gasteiger partial charge in [0.05, 0.1) is 0 Å². The van der Waals surface area contributed by atoms with Crippen molar-refractivity contribution in [3.8, 4) is 0 Å². The normalized spacial score (nSPS) is 12.7. The quantitative estimate of drug-likeness (QED) is 0.593. The van der Waals surface area contributed by atoms with Crippen LogP contribution in [0.25, 0.3) is 10.9 Å². The number of fused-ring (bicyclic) bond motifs is 1. The molecule has 0 saturated heterocycles. The number of rotatable bonds is 6. The summed E-state index contributed by atoms with van der Waals surface area (Å²) in [7, 11) is 0. The molecular weight excluding hydrogens is 364 g/mol. The number of aliphatic hydroxyl groups is 1. The Morgan fingerprint density at radius 3 is 2.68 bits per heavy atom. The summed E-state index contributed by atoms with van der Waals surface area (Å²) in [5, 5.41) is 10.5. The summed E-state index contributed by atoms with van der Waals surface area (Å²) in [4.78, 5) is 3.20. The lowest BCUT2D eigenvalue weighted by Gasteiger charge is -2.17. The number of aromatic nitrogens is 1. The third-order valence-corrected chi connectivity index (χ3v) is 5.13. The molecule has 2 aromatic carbocycles. The summed E-state index contributed by atoms with van der Waals surface area (Å²) in [5.41, 5.74) is 2.93. The van der Waals surface area contributed by atoms with Crippen LogP contribution in [0.15, 0.2) is 36.5 Å². The summed E-state index contributed by atoms with van der Waals surface area (Å²) < 4.78 is 28.5. The van der Waals surface area contributed by atoms with E-state index in [1.165, 1.54) is 18.2 Å². The van der Waals surface area contributed by atoms with Crippen LogP contribution in [0.5, 0.6) is 0 Å². The molecule has 6 heteroatoms. The van der Waals surface area contributed by atoms with E-state index in [2.05, 4.69) is 4.98 Å².